The Hall–Kier alpha value is -1.66. The number of aliphatic hydroxyl groups excluding tert-OH is 1. The summed E-state index contributed by atoms with van der Waals surface area (Å²) in [5.41, 5.74) is 4.91. The van der Waals surface area contributed by atoms with E-state index in [4.69, 9.17) is 15.9 Å². The van der Waals surface area contributed by atoms with Gasteiger partial charge in [0.2, 0.25) is 0 Å². The van der Waals surface area contributed by atoms with E-state index in [9.17, 15) is 4.79 Å². The highest BCUT2D eigenvalue weighted by Gasteiger charge is 2.16. The van der Waals surface area contributed by atoms with Gasteiger partial charge < -0.3 is 20.9 Å². The minimum atomic E-state index is -1.18. The molecule has 0 radical (unpaired) electrons. The Kier molecular flexibility index (Phi) is 6.82. The number of hydrogen-bond donors (Lipinski definition) is 4. The van der Waals surface area contributed by atoms with Crippen LogP contribution in [0.3, 0.4) is 0 Å². The van der Waals surface area contributed by atoms with Crippen molar-refractivity contribution in [2.75, 3.05) is 0 Å². The third-order valence-corrected chi connectivity index (χ3v) is 1.70. The number of carboxylic acids is 1. The van der Waals surface area contributed by atoms with Crippen LogP contribution in [-0.2, 0) is 11.2 Å². The van der Waals surface area contributed by atoms with E-state index in [2.05, 4.69) is 16.5 Å². The fourth-order valence-corrected chi connectivity index (χ4v) is 0.753. The van der Waals surface area contributed by atoms with Gasteiger partial charge in [-0.15, -0.1) is 6.58 Å². The number of aliphatic carboxylic acids is 1. The third kappa shape index (κ3) is 5.94. The number of nitrogens with one attached hydrogen (secondary N) is 1. The maximum atomic E-state index is 9.86. The van der Waals surface area contributed by atoms with Gasteiger partial charge in [0, 0.05) is 18.8 Å². The molecule has 0 aliphatic carbocycles. The second-order valence-corrected chi connectivity index (χ2v) is 3.13. The van der Waals surface area contributed by atoms with Gasteiger partial charge in [-0.25, -0.2) is 4.98 Å². The Morgan fingerprint density at radius 2 is 2.44 bits per heavy atom. The van der Waals surface area contributed by atoms with Crippen LogP contribution >= 0.6 is 0 Å². The molecule has 6 heteroatoms. The van der Waals surface area contributed by atoms with Crippen LogP contribution in [0.4, 0.5) is 0 Å². The van der Waals surface area contributed by atoms with Gasteiger partial charge in [0.25, 0.3) is 0 Å². The minimum absolute atomic E-state index is 0.826. The molecular weight excluding hydrogens is 210 g/mol. The van der Waals surface area contributed by atoms with Crippen molar-refractivity contribution in [3.8, 4) is 0 Å². The molecule has 1 heterocycles. The molecule has 16 heavy (non-hydrogen) atoms. The fraction of sp³-hybridized carbons (Fsp3) is 0.400. The van der Waals surface area contributed by atoms with Crippen molar-refractivity contribution < 1.29 is 15.0 Å². The van der Waals surface area contributed by atoms with Gasteiger partial charge in [-0.3, -0.25) is 4.79 Å². The summed E-state index contributed by atoms with van der Waals surface area (Å²) in [5.74, 6) is -0.208. The molecule has 90 valence electrons. The number of allylic oxidation sites excluding steroid dienone is 1. The lowest BCUT2D eigenvalue weighted by molar-refractivity contribution is -0.140. The van der Waals surface area contributed by atoms with Crippen LogP contribution in [0, 0.1) is 0 Å². The second-order valence-electron chi connectivity index (χ2n) is 3.13. The number of H-pyrrole nitrogens is 1. The van der Waals surface area contributed by atoms with E-state index in [1.54, 1.807) is 12.4 Å². The monoisotopic (exact) mass is 227 g/mol. The number of nitrogens with zero attached hydrogens (tertiary/aromatic N) is 1. The quantitative estimate of drug-likeness (QED) is 0.537. The average Bonchev–Trinajstić information content (AvgIpc) is 2.70. The van der Waals surface area contributed by atoms with Crippen molar-refractivity contribution in [3.63, 3.8) is 0 Å². The van der Waals surface area contributed by atoms with Crippen LogP contribution in [0.5, 0.6) is 0 Å². The fourth-order valence-electron chi connectivity index (χ4n) is 0.753. The SMILES string of the molecule is C=CCc1ncc[nH]1.CC(O)C(N)C(=O)O. The van der Waals surface area contributed by atoms with Gasteiger partial charge in [-0.05, 0) is 6.92 Å². The zero-order valence-electron chi connectivity index (χ0n) is 9.13. The van der Waals surface area contributed by atoms with Gasteiger partial charge in [-0.1, -0.05) is 6.08 Å². The highest BCUT2D eigenvalue weighted by molar-refractivity contribution is 5.73. The van der Waals surface area contributed by atoms with Gasteiger partial charge in [0.05, 0.1) is 6.10 Å². The van der Waals surface area contributed by atoms with Crippen molar-refractivity contribution in [2.45, 2.75) is 25.5 Å². The molecule has 0 saturated carbocycles. The summed E-state index contributed by atoms with van der Waals surface area (Å²) in [6.07, 6.45) is 5.20. The summed E-state index contributed by atoms with van der Waals surface area (Å²) in [6, 6.07) is -1.16. The zero-order chi connectivity index (χ0) is 12.6. The van der Waals surface area contributed by atoms with Crippen LogP contribution < -0.4 is 5.73 Å². The first-order chi connectivity index (χ1) is 7.49. The molecule has 0 saturated heterocycles. The molecule has 2 atom stereocenters. The van der Waals surface area contributed by atoms with Gasteiger partial charge >= 0.3 is 5.97 Å². The summed E-state index contributed by atoms with van der Waals surface area (Å²) in [7, 11) is 0. The number of aromatic nitrogens is 2. The van der Waals surface area contributed by atoms with Crippen molar-refractivity contribution >= 4 is 5.97 Å². The molecule has 0 aliphatic rings. The number of carbonyl (C=O) groups is 1. The molecule has 1 rings (SSSR count). The van der Waals surface area contributed by atoms with Crippen molar-refractivity contribution in [1.82, 2.24) is 9.97 Å². The molecule has 1 aromatic heterocycles. The Morgan fingerprint density at radius 3 is 2.69 bits per heavy atom. The highest BCUT2D eigenvalue weighted by Crippen LogP contribution is 1.88. The van der Waals surface area contributed by atoms with E-state index in [1.165, 1.54) is 6.92 Å². The third-order valence-electron chi connectivity index (χ3n) is 1.70. The molecule has 0 spiro atoms. The number of rotatable bonds is 4. The number of carboxylic acid groups (broad SMARTS) is 1. The predicted molar refractivity (Wildman–Crippen MR) is 59.8 cm³/mol. The molecule has 5 N–H and O–H groups in total. The normalized spacial score (nSPS) is 13.2. The number of hydrogen-bond acceptors (Lipinski definition) is 4. The Labute approximate surface area is 93.8 Å². The molecular formula is C10H17N3O3. The van der Waals surface area contributed by atoms with Crippen LogP contribution in [0.25, 0.3) is 0 Å². The van der Waals surface area contributed by atoms with Crippen LogP contribution in [0.2, 0.25) is 0 Å². The molecule has 0 aliphatic heterocycles. The van der Waals surface area contributed by atoms with Crippen LogP contribution in [0.1, 0.15) is 12.7 Å². The lowest BCUT2D eigenvalue weighted by Crippen LogP contribution is -2.39. The Morgan fingerprint density at radius 1 is 1.81 bits per heavy atom. The van der Waals surface area contributed by atoms with Crippen molar-refractivity contribution in [2.24, 2.45) is 5.73 Å². The summed E-state index contributed by atoms with van der Waals surface area (Å²) in [6.45, 7) is 4.91. The summed E-state index contributed by atoms with van der Waals surface area (Å²) >= 11 is 0. The highest BCUT2D eigenvalue weighted by atomic mass is 16.4. The number of imidazole rings is 1. The van der Waals surface area contributed by atoms with E-state index in [0.717, 1.165) is 12.2 Å². The number of nitrogens with two attached hydrogens (primary N) is 1. The van der Waals surface area contributed by atoms with E-state index >= 15 is 0 Å². The lowest BCUT2D eigenvalue weighted by Gasteiger charge is -2.06. The smallest absolute Gasteiger partial charge is 0.323 e. The topological polar surface area (TPSA) is 112 Å². The largest absolute Gasteiger partial charge is 0.480 e. The molecule has 0 aromatic carbocycles. The van der Waals surface area contributed by atoms with Crippen molar-refractivity contribution in [1.29, 1.82) is 0 Å². The maximum Gasteiger partial charge on any atom is 0.323 e. The first kappa shape index (κ1) is 14.3. The van der Waals surface area contributed by atoms with Crippen LogP contribution in [-0.4, -0.2) is 38.3 Å². The first-order valence-corrected chi connectivity index (χ1v) is 4.74. The number of aromatic amines is 1. The maximum absolute atomic E-state index is 9.86. The second kappa shape index (κ2) is 7.61. The van der Waals surface area contributed by atoms with Gasteiger partial charge in [0.1, 0.15) is 11.9 Å². The summed E-state index contributed by atoms with van der Waals surface area (Å²) in [4.78, 5) is 16.8. The Bertz CT molecular complexity index is 309. The number of aliphatic hydroxyl groups is 1. The van der Waals surface area contributed by atoms with E-state index < -0.39 is 18.1 Å². The van der Waals surface area contributed by atoms with Crippen molar-refractivity contribution in [3.05, 3.63) is 30.9 Å². The van der Waals surface area contributed by atoms with Gasteiger partial charge in [0.15, 0.2) is 0 Å². The van der Waals surface area contributed by atoms with E-state index in [0.29, 0.717) is 0 Å². The summed E-state index contributed by atoms with van der Waals surface area (Å²) < 4.78 is 0. The lowest BCUT2D eigenvalue weighted by atomic mass is 10.2. The molecule has 0 amide bonds. The Balaban J connectivity index is 0.000000281. The molecule has 1 aromatic rings. The molecule has 0 bridgehead atoms. The molecule has 6 nitrogen and oxygen atoms in total. The average molecular weight is 227 g/mol. The standard InChI is InChI=1S/C6H8N2.C4H9NO3/c1-2-3-6-7-4-5-8-6;1-2(6)3(5)4(7)8/h2,4-5H,1,3H2,(H,7,8);2-3,6H,5H2,1H3,(H,7,8). The van der Waals surface area contributed by atoms with E-state index in [-0.39, 0.29) is 0 Å². The van der Waals surface area contributed by atoms with Gasteiger partial charge in [-0.2, -0.15) is 0 Å². The predicted octanol–water partition coefficient (Wildman–Crippen LogP) is -0.0827. The zero-order valence-corrected chi connectivity index (χ0v) is 9.13. The first-order valence-electron chi connectivity index (χ1n) is 4.74. The summed E-state index contributed by atoms with van der Waals surface area (Å²) in [5, 5.41) is 16.6. The minimum Gasteiger partial charge on any atom is -0.480 e. The molecule has 0 fully saturated rings. The van der Waals surface area contributed by atoms with Crippen LogP contribution in [0.15, 0.2) is 25.0 Å². The van der Waals surface area contributed by atoms with E-state index in [1.807, 2.05) is 6.08 Å². The molecule has 2 unspecified atom stereocenters.